The number of nitrogens with two attached hydrogens (primary N) is 2. The third kappa shape index (κ3) is 10.2. The van der Waals surface area contributed by atoms with Gasteiger partial charge in [0.15, 0.2) is 0 Å². The topological polar surface area (TPSA) is 177 Å². The molecule has 0 unspecified atom stereocenters. The zero-order valence-electron chi connectivity index (χ0n) is 14.7. The highest BCUT2D eigenvalue weighted by molar-refractivity contribution is 5.90. The highest BCUT2D eigenvalue weighted by Crippen LogP contribution is 2.05. The van der Waals surface area contributed by atoms with Crippen LogP contribution in [0.2, 0.25) is 0 Å². The van der Waals surface area contributed by atoms with Crippen molar-refractivity contribution in [2.24, 2.45) is 17.4 Å². The Bertz CT molecular complexity index is 469. The molecule has 0 fully saturated rings. The van der Waals surface area contributed by atoms with E-state index in [0.29, 0.717) is 19.4 Å². The van der Waals surface area contributed by atoms with Gasteiger partial charge in [0.1, 0.15) is 12.1 Å². The number of nitrogens with one attached hydrogen (secondary N) is 3. The normalized spacial score (nSPS) is 13.0. The van der Waals surface area contributed by atoms with E-state index in [2.05, 4.69) is 16.0 Å². The molecule has 0 saturated carbocycles. The van der Waals surface area contributed by atoms with Gasteiger partial charge in [-0.3, -0.25) is 9.59 Å². The van der Waals surface area contributed by atoms with Crippen LogP contribution in [0.25, 0.3) is 0 Å². The summed E-state index contributed by atoms with van der Waals surface area (Å²) in [4.78, 5) is 46.0. The fourth-order valence-electron chi connectivity index (χ4n) is 2.08. The molecule has 144 valence electrons. The summed E-state index contributed by atoms with van der Waals surface area (Å²) in [5.74, 6) is -2.28. The Balaban J connectivity index is 4.66. The summed E-state index contributed by atoms with van der Waals surface area (Å²) in [6.07, 6.45) is 1.15. The zero-order valence-corrected chi connectivity index (χ0v) is 14.7. The molecule has 0 aliphatic rings. The number of rotatable bonds is 12. The summed E-state index contributed by atoms with van der Waals surface area (Å²) < 4.78 is 0. The van der Waals surface area contributed by atoms with Gasteiger partial charge in [-0.2, -0.15) is 0 Å². The van der Waals surface area contributed by atoms with Gasteiger partial charge in [-0.1, -0.05) is 13.8 Å². The lowest BCUT2D eigenvalue weighted by Crippen LogP contribution is -2.53. The maximum atomic E-state index is 12.3. The lowest BCUT2D eigenvalue weighted by atomic mass is 10.0. The van der Waals surface area contributed by atoms with Crippen LogP contribution in [0.5, 0.6) is 0 Å². The molecule has 0 radical (unpaired) electrons. The van der Waals surface area contributed by atoms with Gasteiger partial charge in [-0.25, -0.2) is 9.59 Å². The van der Waals surface area contributed by atoms with Gasteiger partial charge in [0.05, 0.1) is 0 Å². The van der Waals surface area contributed by atoms with Gasteiger partial charge >= 0.3 is 12.0 Å². The van der Waals surface area contributed by atoms with Gasteiger partial charge in [0.2, 0.25) is 11.8 Å². The number of amides is 4. The number of carbonyl (C=O) groups is 4. The summed E-state index contributed by atoms with van der Waals surface area (Å²) in [6, 6.07) is -2.66. The van der Waals surface area contributed by atoms with E-state index in [1.165, 1.54) is 0 Å². The van der Waals surface area contributed by atoms with Gasteiger partial charge in [-0.05, 0) is 31.7 Å². The fraction of sp³-hybridized carbons (Fsp3) is 0.733. The molecule has 0 heterocycles. The van der Waals surface area contributed by atoms with E-state index in [1.807, 2.05) is 0 Å². The first-order chi connectivity index (χ1) is 11.7. The highest BCUT2D eigenvalue weighted by Gasteiger charge is 2.28. The van der Waals surface area contributed by atoms with Crippen molar-refractivity contribution in [2.75, 3.05) is 13.1 Å². The van der Waals surface area contributed by atoms with E-state index < -0.39 is 30.0 Å². The third-order valence-electron chi connectivity index (χ3n) is 3.46. The number of carboxylic acids is 1. The molecule has 10 nitrogen and oxygen atoms in total. The Labute approximate surface area is 147 Å². The van der Waals surface area contributed by atoms with Crippen molar-refractivity contribution in [3.8, 4) is 0 Å². The quantitative estimate of drug-likeness (QED) is 0.240. The second-order valence-electron chi connectivity index (χ2n) is 6.01. The minimum absolute atomic E-state index is 0.118. The summed E-state index contributed by atoms with van der Waals surface area (Å²) in [5, 5.41) is 16.6. The van der Waals surface area contributed by atoms with E-state index in [1.54, 1.807) is 13.8 Å². The van der Waals surface area contributed by atoms with Crippen molar-refractivity contribution in [1.82, 2.24) is 16.0 Å². The van der Waals surface area contributed by atoms with Crippen molar-refractivity contribution >= 4 is 23.8 Å². The average molecular weight is 359 g/mol. The number of carboxylic acid groups (broad SMARTS) is 1. The van der Waals surface area contributed by atoms with Gasteiger partial charge in [0, 0.05) is 13.0 Å². The first kappa shape index (κ1) is 22.6. The van der Waals surface area contributed by atoms with Crippen LogP contribution in [-0.2, 0) is 14.4 Å². The van der Waals surface area contributed by atoms with Crippen LogP contribution < -0.4 is 27.4 Å². The molecule has 0 bridgehead atoms. The third-order valence-corrected chi connectivity index (χ3v) is 3.46. The SMILES string of the molecule is CC(C)[C@H](NC(=O)CCCN)C(=O)N[C@@H](CCCNC(N)=O)C(=O)O. The van der Waals surface area contributed by atoms with Crippen LogP contribution in [0.1, 0.15) is 39.5 Å². The molecule has 10 heteroatoms. The number of urea groups is 1. The summed E-state index contributed by atoms with van der Waals surface area (Å²) >= 11 is 0. The Morgan fingerprint density at radius 2 is 1.72 bits per heavy atom. The summed E-state index contributed by atoms with van der Waals surface area (Å²) in [7, 11) is 0. The fourth-order valence-corrected chi connectivity index (χ4v) is 2.08. The van der Waals surface area contributed by atoms with Crippen molar-refractivity contribution in [3.63, 3.8) is 0 Å². The molecule has 0 aromatic rings. The molecule has 4 amide bonds. The molecule has 8 N–H and O–H groups in total. The van der Waals surface area contributed by atoms with Gasteiger partial charge < -0.3 is 32.5 Å². The molecule has 0 aromatic carbocycles. The van der Waals surface area contributed by atoms with Crippen LogP contribution in [0.15, 0.2) is 0 Å². The Morgan fingerprint density at radius 3 is 2.20 bits per heavy atom. The summed E-state index contributed by atoms with van der Waals surface area (Å²) in [5.41, 5.74) is 10.3. The van der Waals surface area contributed by atoms with Crippen LogP contribution >= 0.6 is 0 Å². The molecule has 2 atom stereocenters. The standard InChI is InChI=1S/C15H29N5O5/c1-9(2)12(20-11(21)6-3-7-16)13(22)19-10(14(23)24)5-4-8-18-15(17)25/h9-10,12H,3-8,16H2,1-2H3,(H,19,22)(H,20,21)(H,23,24)(H3,17,18,25)/t10-,12-/m0/s1. The Morgan fingerprint density at radius 1 is 1.08 bits per heavy atom. The Hall–Kier alpha value is -2.36. The molecule has 0 saturated heterocycles. The van der Waals surface area contributed by atoms with Crippen molar-refractivity contribution in [2.45, 2.75) is 51.6 Å². The van der Waals surface area contributed by atoms with E-state index in [4.69, 9.17) is 11.5 Å². The maximum Gasteiger partial charge on any atom is 0.326 e. The maximum absolute atomic E-state index is 12.3. The number of primary amides is 1. The van der Waals surface area contributed by atoms with Gasteiger partial charge in [-0.15, -0.1) is 0 Å². The smallest absolute Gasteiger partial charge is 0.326 e. The molecule has 0 aliphatic heterocycles. The summed E-state index contributed by atoms with van der Waals surface area (Å²) in [6.45, 7) is 4.07. The molecule has 0 rings (SSSR count). The number of hydrogen-bond acceptors (Lipinski definition) is 5. The number of carbonyl (C=O) groups excluding carboxylic acids is 3. The van der Waals surface area contributed by atoms with Crippen LogP contribution in [0.3, 0.4) is 0 Å². The molecule has 25 heavy (non-hydrogen) atoms. The van der Waals surface area contributed by atoms with E-state index in [0.717, 1.165) is 0 Å². The zero-order chi connectivity index (χ0) is 19.4. The minimum atomic E-state index is -1.19. The highest BCUT2D eigenvalue weighted by atomic mass is 16.4. The molecular weight excluding hydrogens is 330 g/mol. The van der Waals surface area contributed by atoms with Crippen molar-refractivity contribution < 1.29 is 24.3 Å². The van der Waals surface area contributed by atoms with Crippen molar-refractivity contribution in [3.05, 3.63) is 0 Å². The van der Waals surface area contributed by atoms with E-state index in [9.17, 15) is 24.3 Å². The van der Waals surface area contributed by atoms with Crippen LogP contribution in [-0.4, -0.2) is 54.1 Å². The van der Waals surface area contributed by atoms with Crippen LogP contribution in [0.4, 0.5) is 4.79 Å². The first-order valence-corrected chi connectivity index (χ1v) is 8.25. The number of hydrogen-bond donors (Lipinski definition) is 6. The average Bonchev–Trinajstić information content (AvgIpc) is 2.52. The predicted octanol–water partition coefficient (Wildman–Crippen LogP) is -1.12. The first-order valence-electron chi connectivity index (χ1n) is 8.25. The molecule has 0 spiro atoms. The van der Waals surface area contributed by atoms with Gasteiger partial charge in [0.25, 0.3) is 0 Å². The largest absolute Gasteiger partial charge is 0.480 e. The van der Waals surface area contributed by atoms with E-state index in [-0.39, 0.29) is 31.2 Å². The van der Waals surface area contributed by atoms with Crippen LogP contribution in [0, 0.1) is 5.92 Å². The lowest BCUT2D eigenvalue weighted by Gasteiger charge is -2.24. The Kier molecular flexibility index (Phi) is 10.9. The predicted molar refractivity (Wildman–Crippen MR) is 91.4 cm³/mol. The monoisotopic (exact) mass is 359 g/mol. The van der Waals surface area contributed by atoms with Crippen molar-refractivity contribution in [1.29, 1.82) is 0 Å². The second kappa shape index (κ2) is 12.1. The molecule has 0 aliphatic carbocycles. The van der Waals surface area contributed by atoms with E-state index >= 15 is 0 Å². The number of aliphatic carboxylic acids is 1. The minimum Gasteiger partial charge on any atom is -0.480 e. The lowest BCUT2D eigenvalue weighted by molar-refractivity contribution is -0.142. The molecular formula is C15H29N5O5. The molecule has 0 aromatic heterocycles. The second-order valence-corrected chi connectivity index (χ2v) is 6.01.